The maximum Gasteiger partial charge on any atom is 0.330 e. The molecule has 0 rings (SSSR count). The van der Waals surface area contributed by atoms with E-state index in [1.54, 1.807) is 6.92 Å². The van der Waals surface area contributed by atoms with Crippen LogP contribution in [0.15, 0.2) is 12.2 Å². The normalized spacial score (nSPS) is 7.12. The monoisotopic (exact) mass is 123 g/mol. The van der Waals surface area contributed by atoms with E-state index in [1.807, 2.05) is 0 Å². The van der Waals surface area contributed by atoms with E-state index in [2.05, 4.69) is 6.58 Å². The molecule has 0 aliphatic rings. The molecule has 1 N–H and O–H groups in total. The summed E-state index contributed by atoms with van der Waals surface area (Å²) in [4.78, 5) is 9.83. The Bertz CT molecular complexity index is 98.6. The topological polar surface area (TPSA) is 37.3 Å². The molecular formula is C5H8NaO2. The Labute approximate surface area is 70.9 Å². The van der Waals surface area contributed by atoms with E-state index >= 15 is 0 Å². The van der Waals surface area contributed by atoms with Crippen LogP contribution in [0.25, 0.3) is 0 Å². The summed E-state index contributed by atoms with van der Waals surface area (Å²) in [6, 6.07) is 0. The predicted molar refractivity (Wildman–Crippen MR) is 32.8 cm³/mol. The molecule has 2 nitrogen and oxygen atoms in total. The van der Waals surface area contributed by atoms with Gasteiger partial charge in [0.15, 0.2) is 0 Å². The zero-order valence-corrected chi connectivity index (χ0v) is 7.27. The molecule has 41 valence electrons. The van der Waals surface area contributed by atoms with Crippen LogP contribution in [-0.4, -0.2) is 40.6 Å². The number of carboxylic acids is 1. The molecule has 0 unspecified atom stereocenters. The van der Waals surface area contributed by atoms with Crippen LogP contribution in [0.1, 0.15) is 13.3 Å². The molecule has 1 radical (unpaired) electrons. The summed E-state index contributed by atoms with van der Waals surface area (Å²) in [6.45, 7) is 5.03. The van der Waals surface area contributed by atoms with Crippen molar-refractivity contribution in [2.45, 2.75) is 13.3 Å². The molecule has 0 aromatic carbocycles. The minimum atomic E-state index is -0.900. The van der Waals surface area contributed by atoms with Gasteiger partial charge >= 0.3 is 5.97 Å². The Kier molecular flexibility index (Phi) is 7.40. The molecule has 0 fully saturated rings. The van der Waals surface area contributed by atoms with E-state index in [-0.39, 0.29) is 35.1 Å². The molecule has 3 heteroatoms. The Morgan fingerprint density at radius 1 is 1.75 bits per heavy atom. The van der Waals surface area contributed by atoms with Gasteiger partial charge in [0.05, 0.1) is 0 Å². The van der Waals surface area contributed by atoms with Gasteiger partial charge in [-0.15, -0.1) is 0 Å². The van der Waals surface area contributed by atoms with E-state index in [1.165, 1.54) is 0 Å². The second kappa shape index (κ2) is 5.35. The van der Waals surface area contributed by atoms with Gasteiger partial charge in [-0.05, 0) is 6.42 Å². The van der Waals surface area contributed by atoms with E-state index < -0.39 is 5.97 Å². The largest absolute Gasteiger partial charge is 0.478 e. The molecule has 0 aliphatic carbocycles. The molecule has 0 aliphatic heterocycles. The maximum atomic E-state index is 9.83. The quantitative estimate of drug-likeness (QED) is 0.432. The van der Waals surface area contributed by atoms with Crippen LogP contribution >= 0.6 is 0 Å². The molecule has 0 bridgehead atoms. The zero-order valence-electron chi connectivity index (χ0n) is 5.27. The Morgan fingerprint density at radius 2 is 2.12 bits per heavy atom. The van der Waals surface area contributed by atoms with Crippen LogP contribution in [-0.2, 0) is 4.79 Å². The fraction of sp³-hybridized carbons (Fsp3) is 0.400. The van der Waals surface area contributed by atoms with Crippen LogP contribution in [0, 0.1) is 0 Å². The standard InChI is InChI=1S/C5H8O2.Na/c1-3-4(2)5(6)7;/h2-3H2,1H3,(H,6,7);. The second-order valence-corrected chi connectivity index (χ2v) is 1.26. The SMILES string of the molecule is C=C(CC)C(=O)O.[Na]. The molecule has 0 amide bonds. The minimum Gasteiger partial charge on any atom is -0.478 e. The van der Waals surface area contributed by atoms with E-state index in [0.717, 1.165) is 0 Å². The summed E-state index contributed by atoms with van der Waals surface area (Å²) in [6.07, 6.45) is 0.523. The molecule has 0 aromatic rings. The first kappa shape index (κ1) is 11.1. The third-order valence-corrected chi connectivity index (χ3v) is 0.729. The smallest absolute Gasteiger partial charge is 0.330 e. The van der Waals surface area contributed by atoms with Crippen LogP contribution < -0.4 is 0 Å². The summed E-state index contributed by atoms with van der Waals surface area (Å²) in [5, 5.41) is 8.08. The van der Waals surface area contributed by atoms with Crippen molar-refractivity contribution < 1.29 is 9.90 Å². The van der Waals surface area contributed by atoms with Crippen LogP contribution in [0.5, 0.6) is 0 Å². The first-order valence-electron chi connectivity index (χ1n) is 2.09. The Hall–Kier alpha value is 0.210. The van der Waals surface area contributed by atoms with Gasteiger partial charge in [-0.3, -0.25) is 0 Å². The molecule has 0 saturated heterocycles. The number of hydrogen-bond acceptors (Lipinski definition) is 1. The van der Waals surface area contributed by atoms with Crippen molar-refractivity contribution in [3.8, 4) is 0 Å². The van der Waals surface area contributed by atoms with Crippen molar-refractivity contribution >= 4 is 35.5 Å². The van der Waals surface area contributed by atoms with Crippen LogP contribution in [0.2, 0.25) is 0 Å². The van der Waals surface area contributed by atoms with Crippen molar-refractivity contribution in [1.29, 1.82) is 0 Å². The van der Waals surface area contributed by atoms with Crippen molar-refractivity contribution in [2.24, 2.45) is 0 Å². The number of rotatable bonds is 2. The van der Waals surface area contributed by atoms with E-state index in [4.69, 9.17) is 5.11 Å². The van der Waals surface area contributed by atoms with Crippen molar-refractivity contribution in [1.82, 2.24) is 0 Å². The van der Waals surface area contributed by atoms with Crippen LogP contribution in [0.3, 0.4) is 0 Å². The van der Waals surface area contributed by atoms with E-state index in [0.29, 0.717) is 6.42 Å². The average molecular weight is 123 g/mol. The predicted octanol–water partition coefficient (Wildman–Crippen LogP) is 0.656. The third-order valence-electron chi connectivity index (χ3n) is 0.729. The molecular weight excluding hydrogens is 115 g/mol. The molecule has 0 heterocycles. The van der Waals surface area contributed by atoms with Crippen molar-refractivity contribution in [3.05, 3.63) is 12.2 Å². The van der Waals surface area contributed by atoms with Gasteiger partial charge < -0.3 is 5.11 Å². The van der Waals surface area contributed by atoms with Gasteiger partial charge in [0.1, 0.15) is 0 Å². The fourth-order valence-corrected chi connectivity index (χ4v) is 0.151. The number of carboxylic acid groups (broad SMARTS) is 1. The average Bonchev–Trinajstić information content (AvgIpc) is 1.65. The van der Waals surface area contributed by atoms with Crippen LogP contribution in [0.4, 0.5) is 0 Å². The molecule has 0 spiro atoms. The van der Waals surface area contributed by atoms with Gasteiger partial charge in [-0.1, -0.05) is 13.5 Å². The van der Waals surface area contributed by atoms with Gasteiger partial charge in [0.2, 0.25) is 0 Å². The van der Waals surface area contributed by atoms with Gasteiger partial charge in [-0.2, -0.15) is 0 Å². The summed E-state index contributed by atoms with van der Waals surface area (Å²) < 4.78 is 0. The molecule has 0 atom stereocenters. The number of hydrogen-bond donors (Lipinski definition) is 1. The zero-order chi connectivity index (χ0) is 5.86. The first-order chi connectivity index (χ1) is 3.18. The van der Waals surface area contributed by atoms with Gasteiger partial charge in [-0.25, -0.2) is 4.79 Å². The molecule has 0 saturated carbocycles. The number of carbonyl (C=O) groups is 1. The van der Waals surface area contributed by atoms with Crippen molar-refractivity contribution in [2.75, 3.05) is 0 Å². The summed E-state index contributed by atoms with van der Waals surface area (Å²) >= 11 is 0. The maximum absolute atomic E-state index is 9.83. The Balaban J connectivity index is 0. The van der Waals surface area contributed by atoms with Gasteiger partial charge in [0, 0.05) is 35.1 Å². The Morgan fingerprint density at radius 3 is 2.12 bits per heavy atom. The summed E-state index contributed by atoms with van der Waals surface area (Å²) in [5.41, 5.74) is 0.264. The number of aliphatic carboxylic acids is 1. The fourth-order valence-electron chi connectivity index (χ4n) is 0.151. The summed E-state index contributed by atoms with van der Waals surface area (Å²) in [5.74, 6) is -0.900. The van der Waals surface area contributed by atoms with Crippen molar-refractivity contribution in [3.63, 3.8) is 0 Å². The third kappa shape index (κ3) is 4.37. The summed E-state index contributed by atoms with van der Waals surface area (Å²) in [7, 11) is 0. The first-order valence-corrected chi connectivity index (χ1v) is 2.09. The molecule has 0 aromatic heterocycles. The van der Waals surface area contributed by atoms with E-state index in [9.17, 15) is 4.79 Å². The minimum absolute atomic E-state index is 0. The second-order valence-electron chi connectivity index (χ2n) is 1.26. The van der Waals surface area contributed by atoms with Gasteiger partial charge in [0.25, 0.3) is 0 Å². The molecule has 8 heavy (non-hydrogen) atoms.